The standard InChI is InChI=1S/C22H19AsF3N3OS/c1-12-17-9-14(4-7-18(17)29-20(12)30)19-11-28-21(31-19)27-10-16(23)8-13-2-5-15(6-3-13)22(24,25)26/h2-7,9,11-12,16H,8,10H2,1H3,(H,27,28)(H,29,30)/t12?,16-/m1/s1. The zero-order chi connectivity index (χ0) is 22.2. The molecule has 31 heavy (non-hydrogen) atoms. The molecule has 1 unspecified atom stereocenters. The first kappa shape index (κ1) is 21.9. The Morgan fingerprint density at radius 3 is 2.68 bits per heavy atom. The van der Waals surface area contributed by atoms with Crippen molar-refractivity contribution in [2.45, 2.75) is 30.1 Å². The number of halogens is 3. The summed E-state index contributed by atoms with van der Waals surface area (Å²) in [5.41, 5.74) is 3.09. The molecule has 4 rings (SSSR count). The number of hydrogen-bond acceptors (Lipinski definition) is 4. The first-order valence-corrected chi connectivity index (χ1v) is 11.6. The van der Waals surface area contributed by atoms with Crippen LogP contribution in [0.15, 0.2) is 48.7 Å². The molecule has 2 atom stereocenters. The number of benzene rings is 2. The molecule has 3 aromatic rings. The quantitative estimate of drug-likeness (QED) is 0.436. The van der Waals surface area contributed by atoms with Gasteiger partial charge in [-0.05, 0) is 0 Å². The number of fused-ring (bicyclic) bond motifs is 1. The van der Waals surface area contributed by atoms with Gasteiger partial charge < -0.3 is 0 Å². The van der Waals surface area contributed by atoms with E-state index in [1.54, 1.807) is 6.20 Å². The summed E-state index contributed by atoms with van der Waals surface area (Å²) in [6.45, 7) is 2.52. The SMILES string of the molecule is CC1C(=O)Nc2ccc(-c3cnc(NC[C@H]([As])Cc4ccc(C(F)(F)F)cc4)s3)cc21. The van der Waals surface area contributed by atoms with E-state index in [1.807, 2.05) is 25.1 Å². The number of carbonyl (C=O) groups is 1. The molecule has 0 saturated heterocycles. The van der Waals surface area contributed by atoms with Crippen LogP contribution < -0.4 is 10.6 Å². The zero-order valence-electron chi connectivity index (χ0n) is 16.5. The van der Waals surface area contributed by atoms with Gasteiger partial charge in [0.25, 0.3) is 0 Å². The summed E-state index contributed by atoms with van der Waals surface area (Å²) in [5.74, 6) is -0.150. The van der Waals surface area contributed by atoms with Crippen molar-refractivity contribution in [3.63, 3.8) is 0 Å². The van der Waals surface area contributed by atoms with Crippen LogP contribution in [0.4, 0.5) is 24.0 Å². The van der Waals surface area contributed by atoms with Gasteiger partial charge in [0.2, 0.25) is 0 Å². The monoisotopic (exact) mass is 505 g/mol. The third-order valence-corrected chi connectivity index (χ3v) is 6.97. The van der Waals surface area contributed by atoms with E-state index in [9.17, 15) is 18.0 Å². The fourth-order valence-electron chi connectivity index (χ4n) is 3.44. The first-order chi connectivity index (χ1) is 14.7. The van der Waals surface area contributed by atoms with Crippen molar-refractivity contribution < 1.29 is 18.0 Å². The molecule has 0 bridgehead atoms. The Morgan fingerprint density at radius 2 is 1.97 bits per heavy atom. The molecule has 9 heteroatoms. The number of amides is 1. The Labute approximate surface area is 190 Å². The predicted molar refractivity (Wildman–Crippen MR) is 118 cm³/mol. The van der Waals surface area contributed by atoms with E-state index >= 15 is 0 Å². The third kappa shape index (κ3) is 4.96. The Kier molecular flexibility index (Phi) is 6.13. The molecule has 1 aromatic heterocycles. The van der Waals surface area contributed by atoms with Gasteiger partial charge in [0.05, 0.1) is 0 Å². The van der Waals surface area contributed by atoms with Gasteiger partial charge in [0, 0.05) is 0 Å². The maximum atomic E-state index is 12.7. The van der Waals surface area contributed by atoms with Crippen molar-refractivity contribution in [2.75, 3.05) is 17.2 Å². The minimum absolute atomic E-state index is 0.0129. The molecule has 4 nitrogen and oxygen atoms in total. The van der Waals surface area contributed by atoms with Gasteiger partial charge in [-0.3, -0.25) is 0 Å². The topological polar surface area (TPSA) is 54.0 Å². The van der Waals surface area contributed by atoms with Gasteiger partial charge in [-0.1, -0.05) is 0 Å². The van der Waals surface area contributed by atoms with Crippen molar-refractivity contribution in [2.24, 2.45) is 0 Å². The summed E-state index contributed by atoms with van der Waals surface area (Å²) in [5, 5.41) is 6.96. The number of thiazole rings is 1. The summed E-state index contributed by atoms with van der Waals surface area (Å²) >= 11 is 4.09. The van der Waals surface area contributed by atoms with Crippen molar-refractivity contribution in [1.29, 1.82) is 0 Å². The fraction of sp³-hybridized carbons (Fsp3) is 0.273. The van der Waals surface area contributed by atoms with Crippen molar-refractivity contribution >= 4 is 44.9 Å². The summed E-state index contributed by atoms with van der Waals surface area (Å²) in [6, 6.07) is 11.2. The number of nitrogens with one attached hydrogen (secondary N) is 2. The van der Waals surface area contributed by atoms with Crippen molar-refractivity contribution in [1.82, 2.24) is 4.98 Å². The normalized spacial score (nSPS) is 16.7. The third-order valence-electron chi connectivity index (χ3n) is 5.20. The number of rotatable bonds is 6. The van der Waals surface area contributed by atoms with Crippen LogP contribution in [0.2, 0.25) is 4.71 Å². The fourth-order valence-corrected chi connectivity index (χ4v) is 4.89. The molecule has 2 aromatic carbocycles. The maximum absolute atomic E-state index is 12.7. The molecule has 0 saturated carbocycles. The second-order valence-corrected chi connectivity index (χ2v) is 10.0. The molecule has 1 aliphatic rings. The van der Waals surface area contributed by atoms with E-state index < -0.39 is 11.7 Å². The van der Waals surface area contributed by atoms with Gasteiger partial charge in [0.15, 0.2) is 0 Å². The van der Waals surface area contributed by atoms with Gasteiger partial charge in [0.1, 0.15) is 0 Å². The summed E-state index contributed by atoms with van der Waals surface area (Å²) in [7, 11) is 0. The van der Waals surface area contributed by atoms with E-state index in [1.165, 1.54) is 23.5 Å². The second kappa shape index (κ2) is 8.67. The molecule has 1 aliphatic heterocycles. The Morgan fingerprint density at radius 1 is 1.23 bits per heavy atom. The average Bonchev–Trinajstić information content (AvgIpc) is 3.31. The Hall–Kier alpha value is -2.31. The first-order valence-electron chi connectivity index (χ1n) is 9.70. The van der Waals surface area contributed by atoms with Gasteiger partial charge in [-0.15, -0.1) is 0 Å². The Bertz CT molecular complexity index is 1100. The predicted octanol–water partition coefficient (Wildman–Crippen LogP) is 5.50. The van der Waals surface area contributed by atoms with E-state index in [4.69, 9.17) is 0 Å². The summed E-state index contributed by atoms with van der Waals surface area (Å²) < 4.78 is 38.2. The number of anilines is 2. The van der Waals surface area contributed by atoms with E-state index in [-0.39, 0.29) is 16.5 Å². The molecule has 0 aliphatic carbocycles. The number of carbonyl (C=O) groups excluding carboxylic acids is 1. The van der Waals surface area contributed by atoms with Crippen LogP contribution in [0.5, 0.6) is 0 Å². The molecule has 2 heterocycles. The van der Waals surface area contributed by atoms with Crippen LogP contribution in [-0.2, 0) is 17.4 Å². The van der Waals surface area contributed by atoms with Gasteiger partial charge >= 0.3 is 191 Å². The van der Waals surface area contributed by atoms with Crippen LogP contribution in [0.1, 0.15) is 29.5 Å². The van der Waals surface area contributed by atoms with Crippen LogP contribution in [0.25, 0.3) is 10.4 Å². The number of hydrogen-bond donors (Lipinski definition) is 2. The van der Waals surface area contributed by atoms with Gasteiger partial charge in [-0.2, -0.15) is 0 Å². The molecular formula is C22H19AsF3N3OS. The molecule has 0 spiro atoms. The number of aromatic nitrogens is 1. The van der Waals surface area contributed by atoms with Crippen LogP contribution >= 0.6 is 11.3 Å². The average molecular weight is 505 g/mol. The number of alkyl halides is 3. The van der Waals surface area contributed by atoms with Crippen molar-refractivity contribution in [3.8, 4) is 10.4 Å². The minimum atomic E-state index is -4.31. The Balaban J connectivity index is 1.35. The van der Waals surface area contributed by atoms with Gasteiger partial charge in [-0.25, -0.2) is 0 Å². The van der Waals surface area contributed by atoms with Crippen molar-refractivity contribution in [3.05, 3.63) is 65.4 Å². The van der Waals surface area contributed by atoms with Crippen LogP contribution in [0, 0.1) is 0 Å². The van der Waals surface area contributed by atoms with E-state index in [2.05, 4.69) is 32.5 Å². The summed E-state index contributed by atoms with van der Waals surface area (Å²) in [4.78, 5) is 17.3. The molecule has 0 fully saturated rings. The second-order valence-electron chi connectivity index (χ2n) is 7.48. The molecule has 2 radical (unpaired) electrons. The molecular weight excluding hydrogens is 486 g/mol. The van der Waals surface area contributed by atoms with Crippen LogP contribution in [-0.4, -0.2) is 34.3 Å². The zero-order valence-corrected chi connectivity index (χ0v) is 19.2. The number of nitrogens with zero attached hydrogens (tertiary/aromatic N) is 1. The molecule has 160 valence electrons. The molecule has 1 amide bonds. The summed E-state index contributed by atoms with van der Waals surface area (Å²) in [6.07, 6.45) is -1.86. The van der Waals surface area contributed by atoms with Crippen LogP contribution in [0.3, 0.4) is 0 Å². The van der Waals surface area contributed by atoms with E-state index in [0.29, 0.717) is 13.0 Å². The molecule has 2 N–H and O–H groups in total. The van der Waals surface area contributed by atoms with E-state index in [0.717, 1.165) is 44.5 Å².